The van der Waals surface area contributed by atoms with E-state index in [9.17, 15) is 0 Å². The molecule has 216 valence electrons. The predicted octanol–water partition coefficient (Wildman–Crippen LogP) is 6.30. The first kappa shape index (κ1) is 27.7. The van der Waals surface area contributed by atoms with Crippen LogP contribution in [0.5, 0.6) is 11.5 Å². The van der Waals surface area contributed by atoms with Crippen LogP contribution in [0.15, 0.2) is 67.4 Å². The Kier molecular flexibility index (Phi) is 7.29. The van der Waals surface area contributed by atoms with Gasteiger partial charge in [-0.1, -0.05) is 62.7 Å². The Morgan fingerprint density at radius 2 is 1.88 bits per heavy atom. The lowest BCUT2D eigenvalue weighted by Crippen LogP contribution is -2.24. The van der Waals surface area contributed by atoms with E-state index in [2.05, 4.69) is 65.2 Å². The molecule has 5 heterocycles. The number of pyridine rings is 1. The van der Waals surface area contributed by atoms with E-state index in [1.807, 2.05) is 40.6 Å². The van der Waals surface area contributed by atoms with Crippen LogP contribution in [-0.4, -0.2) is 45.0 Å². The normalized spacial score (nSPS) is 12.7. The van der Waals surface area contributed by atoms with Crippen molar-refractivity contribution in [2.45, 2.75) is 52.4 Å². The lowest BCUT2D eigenvalue weighted by atomic mass is 9.92. The fourth-order valence-electron chi connectivity index (χ4n) is 4.75. The van der Waals surface area contributed by atoms with Gasteiger partial charge in [0.2, 0.25) is 5.95 Å². The molecule has 0 spiro atoms. The number of aryl methyl sites for hydroxylation is 1. The number of nitrogens with zero attached hydrogens (tertiary/aromatic N) is 8. The first-order chi connectivity index (χ1) is 20.2. The molecule has 5 aromatic heterocycles. The van der Waals surface area contributed by atoms with Crippen molar-refractivity contribution < 1.29 is 9.47 Å². The number of nitrogens with one attached hydrogen (secondary N) is 1. The summed E-state index contributed by atoms with van der Waals surface area (Å²) in [6, 6.07) is 12.2. The molecule has 1 atom stereocenters. The summed E-state index contributed by atoms with van der Waals surface area (Å²) in [5.74, 6) is 2.13. The summed E-state index contributed by atoms with van der Waals surface area (Å²) in [5, 5.41) is 12.9. The molecule has 1 N–H and O–H groups in total. The fraction of sp³-hybridized carbons (Fsp3) is 0.300. The molecule has 6 rings (SSSR count). The van der Waals surface area contributed by atoms with Crippen molar-refractivity contribution in [3.8, 4) is 11.5 Å². The zero-order valence-electron chi connectivity index (χ0n) is 24.1. The number of imidazole rings is 1. The van der Waals surface area contributed by atoms with Crippen LogP contribution in [0.1, 0.15) is 39.0 Å². The maximum atomic E-state index is 6.82. The van der Waals surface area contributed by atoms with Crippen LogP contribution in [0, 0.1) is 0 Å². The number of anilines is 2. The molecule has 12 heteroatoms. The number of fused-ring (bicyclic) bond motifs is 2. The quantitative estimate of drug-likeness (QED) is 0.210. The van der Waals surface area contributed by atoms with Gasteiger partial charge < -0.3 is 19.4 Å². The van der Waals surface area contributed by atoms with Crippen molar-refractivity contribution in [2.75, 3.05) is 5.32 Å². The van der Waals surface area contributed by atoms with Crippen LogP contribution in [0.4, 0.5) is 11.8 Å². The summed E-state index contributed by atoms with van der Waals surface area (Å²) in [7, 11) is 1.87. The third-order valence-electron chi connectivity index (χ3n) is 6.91. The second kappa shape index (κ2) is 11.1. The molecule has 0 bridgehead atoms. The van der Waals surface area contributed by atoms with Crippen LogP contribution in [0.2, 0.25) is 5.02 Å². The lowest BCUT2D eigenvalue weighted by Gasteiger charge is -2.22. The predicted molar refractivity (Wildman–Crippen MR) is 161 cm³/mol. The Morgan fingerprint density at radius 3 is 2.67 bits per heavy atom. The Labute approximate surface area is 248 Å². The number of halogens is 1. The van der Waals surface area contributed by atoms with Gasteiger partial charge in [-0.15, -0.1) is 0 Å². The zero-order chi connectivity index (χ0) is 29.4. The summed E-state index contributed by atoms with van der Waals surface area (Å²) >= 11 is 6.82. The third kappa shape index (κ3) is 5.53. The number of benzene rings is 1. The summed E-state index contributed by atoms with van der Waals surface area (Å²) < 4.78 is 17.7. The third-order valence-corrected chi connectivity index (χ3v) is 7.28. The lowest BCUT2D eigenvalue weighted by molar-refractivity contribution is 0.0386. The molecular formula is C30H32ClN9O2. The highest BCUT2D eigenvalue weighted by Gasteiger charge is 2.24. The maximum Gasteiger partial charge on any atom is 0.210 e. The highest BCUT2D eigenvalue weighted by molar-refractivity contribution is 6.36. The van der Waals surface area contributed by atoms with Gasteiger partial charge in [0.25, 0.3) is 0 Å². The topological polar surface area (TPSA) is 109 Å². The summed E-state index contributed by atoms with van der Waals surface area (Å²) in [6.07, 6.45) is 8.21. The maximum absolute atomic E-state index is 6.82. The number of aromatic nitrogens is 8. The number of ether oxygens (including phenoxy) is 2. The molecule has 0 aliphatic heterocycles. The van der Waals surface area contributed by atoms with E-state index in [0.29, 0.717) is 58.1 Å². The summed E-state index contributed by atoms with van der Waals surface area (Å²) in [6.45, 7) is 9.72. The second-order valence-electron chi connectivity index (χ2n) is 11.2. The second-order valence-corrected chi connectivity index (χ2v) is 11.6. The molecular weight excluding hydrogens is 554 g/mol. The van der Waals surface area contributed by atoms with E-state index in [-0.39, 0.29) is 11.5 Å². The van der Waals surface area contributed by atoms with Gasteiger partial charge in [-0.2, -0.15) is 15.2 Å². The Hall–Kier alpha value is -4.48. The number of hydrogen-bond donors (Lipinski definition) is 1. The largest absolute Gasteiger partial charge is 0.450 e. The first-order valence-corrected chi connectivity index (χ1v) is 14.0. The molecule has 1 aromatic carbocycles. The van der Waals surface area contributed by atoms with Crippen LogP contribution < -0.4 is 10.1 Å². The Balaban J connectivity index is 1.24. The van der Waals surface area contributed by atoms with Crippen molar-refractivity contribution in [3.63, 3.8) is 0 Å². The molecule has 0 aliphatic rings. The minimum atomic E-state index is -0.136. The average molecular weight is 586 g/mol. The van der Waals surface area contributed by atoms with Crippen LogP contribution in [0.3, 0.4) is 0 Å². The SMILES string of the molecule is CC(Cn1nc(Nc2nc3ncc(Oc4cnn5ccncc45)c(Cl)c3n2C)cc1C(C)(C)C)OCc1ccccc1. The molecule has 0 saturated carbocycles. The number of hydrogen-bond acceptors (Lipinski definition) is 8. The monoisotopic (exact) mass is 585 g/mol. The highest BCUT2D eigenvalue weighted by Crippen LogP contribution is 2.37. The Morgan fingerprint density at radius 1 is 1.07 bits per heavy atom. The molecule has 42 heavy (non-hydrogen) atoms. The number of rotatable bonds is 9. The van der Waals surface area contributed by atoms with Gasteiger partial charge in [0.05, 0.1) is 37.8 Å². The smallest absolute Gasteiger partial charge is 0.210 e. The summed E-state index contributed by atoms with van der Waals surface area (Å²) in [4.78, 5) is 13.3. The molecule has 1 unspecified atom stereocenters. The van der Waals surface area contributed by atoms with Gasteiger partial charge in [0, 0.05) is 36.6 Å². The molecule has 0 aliphatic carbocycles. The van der Waals surface area contributed by atoms with Crippen molar-refractivity contribution in [1.29, 1.82) is 0 Å². The van der Waals surface area contributed by atoms with Crippen LogP contribution >= 0.6 is 11.6 Å². The van der Waals surface area contributed by atoms with Gasteiger partial charge in [-0.05, 0) is 12.5 Å². The molecule has 6 aromatic rings. The van der Waals surface area contributed by atoms with Gasteiger partial charge in [0.1, 0.15) is 16.1 Å². The highest BCUT2D eigenvalue weighted by atomic mass is 35.5. The average Bonchev–Trinajstić information content (AvgIpc) is 3.66. The fourth-order valence-corrected chi connectivity index (χ4v) is 5.05. The molecule has 0 radical (unpaired) electrons. The minimum Gasteiger partial charge on any atom is -0.450 e. The van der Waals surface area contributed by atoms with E-state index >= 15 is 0 Å². The summed E-state index contributed by atoms with van der Waals surface area (Å²) in [5.41, 5.74) is 3.91. The van der Waals surface area contributed by atoms with E-state index in [0.717, 1.165) is 11.3 Å². The minimum absolute atomic E-state index is 0.0415. The molecule has 0 saturated heterocycles. The van der Waals surface area contributed by atoms with Gasteiger partial charge in [0.15, 0.2) is 23.0 Å². The van der Waals surface area contributed by atoms with Gasteiger partial charge in [-0.3, -0.25) is 9.67 Å². The van der Waals surface area contributed by atoms with E-state index < -0.39 is 0 Å². The van der Waals surface area contributed by atoms with E-state index in [4.69, 9.17) is 26.2 Å². The van der Waals surface area contributed by atoms with E-state index in [1.54, 1.807) is 35.5 Å². The standard InChI is InChI=1S/C30H32ClN9O2/c1-19(41-18-20-9-7-6-8-10-20)17-40-24(30(2,3)4)13-25(37-40)35-29-36-28-27(38(29)5)26(31)23(15-33-28)42-22-16-34-39-12-11-32-14-21(22)39/h6-16,19H,17-18H2,1-5H3,(H,33,35,36,37). The van der Waals surface area contributed by atoms with Crippen LogP contribution in [-0.2, 0) is 30.4 Å². The van der Waals surface area contributed by atoms with Crippen molar-refractivity contribution >= 4 is 40.0 Å². The zero-order valence-corrected chi connectivity index (χ0v) is 24.9. The van der Waals surface area contributed by atoms with Gasteiger partial charge >= 0.3 is 0 Å². The van der Waals surface area contributed by atoms with Crippen molar-refractivity contribution in [3.05, 3.63) is 83.7 Å². The molecule has 0 fully saturated rings. The van der Waals surface area contributed by atoms with Crippen molar-refractivity contribution in [1.82, 2.24) is 38.9 Å². The first-order valence-electron chi connectivity index (χ1n) is 13.6. The van der Waals surface area contributed by atoms with Gasteiger partial charge in [-0.25, -0.2) is 9.50 Å². The molecule has 11 nitrogen and oxygen atoms in total. The van der Waals surface area contributed by atoms with Crippen LogP contribution in [0.25, 0.3) is 16.7 Å². The molecule has 0 amide bonds. The van der Waals surface area contributed by atoms with Crippen molar-refractivity contribution in [2.24, 2.45) is 7.05 Å². The van der Waals surface area contributed by atoms with E-state index in [1.165, 1.54) is 0 Å². The Bertz CT molecular complexity index is 1850.